The summed E-state index contributed by atoms with van der Waals surface area (Å²) in [6, 6.07) is 0. The van der Waals surface area contributed by atoms with Crippen molar-refractivity contribution in [3.8, 4) is 0 Å². The number of carbonyl (C=O) groups is 1. The van der Waals surface area contributed by atoms with Crippen molar-refractivity contribution < 1.29 is 9.90 Å². The zero-order valence-electron chi connectivity index (χ0n) is 4.81. The van der Waals surface area contributed by atoms with Gasteiger partial charge in [-0.25, -0.2) is 0 Å². The van der Waals surface area contributed by atoms with Crippen molar-refractivity contribution in [2.75, 3.05) is 5.88 Å². The maximum Gasteiger partial charge on any atom is 0.321 e. The number of carboxylic acid groups (broad SMARTS) is 1. The first-order valence-corrected chi connectivity index (χ1v) is 3.58. The molecule has 0 aromatic carbocycles. The predicted octanol–water partition coefficient (Wildman–Crippen LogP) is 1.70. The zero-order valence-corrected chi connectivity index (χ0v) is 6.32. The van der Waals surface area contributed by atoms with E-state index in [9.17, 15) is 4.79 Å². The Morgan fingerprint density at radius 1 is 1.67 bits per heavy atom. The maximum atomic E-state index is 10.0. The lowest BCUT2D eigenvalue weighted by Crippen LogP contribution is -2.12. The predicted molar refractivity (Wildman–Crippen MR) is 37.2 cm³/mol. The summed E-state index contributed by atoms with van der Waals surface area (Å²) in [5, 5.41) is 7.46. The Kier molecular flexibility index (Phi) is 4.91. The molecule has 0 aliphatic carbocycles. The number of carboxylic acids is 1. The van der Waals surface area contributed by atoms with Gasteiger partial charge in [0.05, 0.1) is 0 Å². The fourth-order valence-electron chi connectivity index (χ4n) is 0.380. The highest BCUT2D eigenvalue weighted by atomic mass is 35.5. The SMILES string of the molecule is O=C(O)C(Cl)CCCCl. The molecule has 54 valence electrons. The van der Waals surface area contributed by atoms with E-state index in [2.05, 4.69) is 0 Å². The standard InChI is InChI=1S/C5H8Cl2O2/c6-3-1-2-4(7)5(8)9/h4H,1-3H2,(H,8,9). The molecule has 0 aromatic heterocycles. The van der Waals surface area contributed by atoms with Crippen molar-refractivity contribution in [3.63, 3.8) is 0 Å². The summed E-state index contributed by atoms with van der Waals surface area (Å²) in [6.45, 7) is 0. The normalized spacial score (nSPS) is 13.1. The molecule has 0 fully saturated rings. The second-order valence-electron chi connectivity index (χ2n) is 1.64. The van der Waals surface area contributed by atoms with Crippen LogP contribution in [0.5, 0.6) is 0 Å². The first kappa shape index (κ1) is 9.05. The molecule has 0 radical (unpaired) electrons. The lowest BCUT2D eigenvalue weighted by Gasteiger charge is -1.99. The average Bonchev–Trinajstić information content (AvgIpc) is 1.82. The van der Waals surface area contributed by atoms with Crippen LogP contribution in [-0.4, -0.2) is 22.3 Å². The van der Waals surface area contributed by atoms with Gasteiger partial charge in [-0.1, -0.05) is 0 Å². The Balaban J connectivity index is 3.27. The minimum Gasteiger partial charge on any atom is -0.480 e. The molecule has 4 heteroatoms. The van der Waals surface area contributed by atoms with Gasteiger partial charge in [-0.15, -0.1) is 23.2 Å². The molecule has 1 unspecified atom stereocenters. The third-order valence-electron chi connectivity index (χ3n) is 0.859. The van der Waals surface area contributed by atoms with Crippen molar-refractivity contribution in [3.05, 3.63) is 0 Å². The van der Waals surface area contributed by atoms with Gasteiger partial charge in [-0.05, 0) is 12.8 Å². The number of alkyl halides is 2. The number of halogens is 2. The summed E-state index contributed by atoms with van der Waals surface area (Å²) in [7, 11) is 0. The van der Waals surface area contributed by atoms with E-state index in [0.29, 0.717) is 18.7 Å². The Morgan fingerprint density at radius 2 is 2.22 bits per heavy atom. The first-order valence-electron chi connectivity index (χ1n) is 2.61. The van der Waals surface area contributed by atoms with Crippen LogP contribution in [0.2, 0.25) is 0 Å². The van der Waals surface area contributed by atoms with E-state index in [-0.39, 0.29) is 0 Å². The van der Waals surface area contributed by atoms with Crippen LogP contribution in [0, 0.1) is 0 Å². The number of hydrogen-bond acceptors (Lipinski definition) is 1. The molecule has 0 aliphatic rings. The topological polar surface area (TPSA) is 37.3 Å². The second kappa shape index (κ2) is 4.89. The third-order valence-corrected chi connectivity index (χ3v) is 1.53. The van der Waals surface area contributed by atoms with Crippen molar-refractivity contribution in [1.82, 2.24) is 0 Å². The lowest BCUT2D eigenvalue weighted by molar-refractivity contribution is -0.136. The van der Waals surface area contributed by atoms with Crippen LogP contribution in [0.15, 0.2) is 0 Å². The van der Waals surface area contributed by atoms with Gasteiger partial charge < -0.3 is 5.11 Å². The fourth-order valence-corrected chi connectivity index (χ4v) is 0.688. The quantitative estimate of drug-likeness (QED) is 0.653. The van der Waals surface area contributed by atoms with Crippen molar-refractivity contribution in [2.45, 2.75) is 18.2 Å². The zero-order chi connectivity index (χ0) is 7.28. The largest absolute Gasteiger partial charge is 0.480 e. The van der Waals surface area contributed by atoms with Crippen molar-refractivity contribution in [2.24, 2.45) is 0 Å². The van der Waals surface area contributed by atoms with Crippen LogP contribution in [0.3, 0.4) is 0 Å². The summed E-state index contributed by atoms with van der Waals surface area (Å²) < 4.78 is 0. The van der Waals surface area contributed by atoms with Crippen LogP contribution in [0.4, 0.5) is 0 Å². The van der Waals surface area contributed by atoms with Crippen molar-refractivity contribution >= 4 is 29.2 Å². The van der Waals surface area contributed by atoms with E-state index in [1.807, 2.05) is 0 Å². The second-order valence-corrected chi connectivity index (χ2v) is 2.54. The molecule has 0 aromatic rings. The highest BCUT2D eigenvalue weighted by Gasteiger charge is 2.11. The minimum atomic E-state index is -0.971. The van der Waals surface area contributed by atoms with Gasteiger partial charge in [0.2, 0.25) is 0 Å². The van der Waals surface area contributed by atoms with E-state index in [1.165, 1.54) is 0 Å². The third kappa shape index (κ3) is 4.55. The van der Waals surface area contributed by atoms with Crippen LogP contribution < -0.4 is 0 Å². The summed E-state index contributed by atoms with van der Waals surface area (Å²) in [4.78, 5) is 10.0. The van der Waals surface area contributed by atoms with Gasteiger partial charge in [0.15, 0.2) is 0 Å². The van der Waals surface area contributed by atoms with Gasteiger partial charge >= 0.3 is 5.97 Å². The van der Waals surface area contributed by atoms with Crippen molar-refractivity contribution in [1.29, 1.82) is 0 Å². The molecular formula is C5H8Cl2O2. The number of hydrogen-bond donors (Lipinski definition) is 1. The summed E-state index contributed by atoms with van der Waals surface area (Å²) in [6.07, 6.45) is 1.10. The molecule has 1 N–H and O–H groups in total. The minimum absolute atomic E-state index is 0.445. The molecule has 0 rings (SSSR count). The van der Waals surface area contributed by atoms with Crippen LogP contribution in [0.25, 0.3) is 0 Å². The van der Waals surface area contributed by atoms with E-state index in [4.69, 9.17) is 28.3 Å². The van der Waals surface area contributed by atoms with E-state index >= 15 is 0 Å². The number of rotatable bonds is 4. The van der Waals surface area contributed by atoms with E-state index in [0.717, 1.165) is 0 Å². The summed E-state index contributed by atoms with van der Waals surface area (Å²) in [5.74, 6) is -0.502. The maximum absolute atomic E-state index is 10.0. The fraction of sp³-hybridized carbons (Fsp3) is 0.800. The Labute approximate surface area is 63.8 Å². The van der Waals surface area contributed by atoms with Crippen LogP contribution in [-0.2, 0) is 4.79 Å². The molecule has 9 heavy (non-hydrogen) atoms. The molecule has 0 heterocycles. The average molecular weight is 171 g/mol. The molecule has 0 aliphatic heterocycles. The van der Waals surface area contributed by atoms with E-state index < -0.39 is 11.3 Å². The molecule has 0 bridgehead atoms. The van der Waals surface area contributed by atoms with Crippen LogP contribution in [0.1, 0.15) is 12.8 Å². The summed E-state index contributed by atoms with van der Waals surface area (Å²) >= 11 is 10.6. The van der Waals surface area contributed by atoms with Gasteiger partial charge in [0.25, 0.3) is 0 Å². The van der Waals surface area contributed by atoms with E-state index in [1.54, 1.807) is 0 Å². The Morgan fingerprint density at radius 3 is 2.56 bits per heavy atom. The molecule has 0 amide bonds. The molecule has 1 atom stereocenters. The Hall–Kier alpha value is 0.0500. The van der Waals surface area contributed by atoms with Gasteiger partial charge in [0, 0.05) is 5.88 Å². The summed E-state index contributed by atoms with van der Waals surface area (Å²) in [5.41, 5.74) is 0. The van der Waals surface area contributed by atoms with Crippen LogP contribution >= 0.6 is 23.2 Å². The molecule has 2 nitrogen and oxygen atoms in total. The highest BCUT2D eigenvalue weighted by molar-refractivity contribution is 6.29. The Bertz CT molecular complexity index is 95.0. The van der Waals surface area contributed by atoms with Gasteiger partial charge in [-0.3, -0.25) is 4.79 Å². The smallest absolute Gasteiger partial charge is 0.321 e. The molecular weight excluding hydrogens is 163 g/mol. The molecule has 0 spiro atoms. The molecule has 0 saturated heterocycles. The molecule has 0 saturated carbocycles. The first-order chi connectivity index (χ1) is 4.18. The van der Waals surface area contributed by atoms with Gasteiger partial charge in [0.1, 0.15) is 5.38 Å². The lowest BCUT2D eigenvalue weighted by atomic mass is 10.2. The highest BCUT2D eigenvalue weighted by Crippen LogP contribution is 2.05. The monoisotopic (exact) mass is 170 g/mol. The number of aliphatic carboxylic acids is 1. The van der Waals surface area contributed by atoms with Gasteiger partial charge in [-0.2, -0.15) is 0 Å².